The van der Waals surface area contributed by atoms with Crippen molar-refractivity contribution in [3.8, 4) is 0 Å². The van der Waals surface area contributed by atoms with Crippen molar-refractivity contribution in [1.29, 1.82) is 0 Å². The number of nitrogens with two attached hydrogens (primary N) is 1. The van der Waals surface area contributed by atoms with Crippen molar-refractivity contribution in [2.45, 2.75) is 44.7 Å². The van der Waals surface area contributed by atoms with Crippen LogP contribution in [-0.2, 0) is 9.59 Å². The Labute approximate surface area is 184 Å². The van der Waals surface area contributed by atoms with Crippen LogP contribution in [0.15, 0.2) is 24.3 Å². The summed E-state index contributed by atoms with van der Waals surface area (Å²) in [4.78, 5) is 28.2. The van der Waals surface area contributed by atoms with Crippen molar-refractivity contribution in [2.75, 3.05) is 31.1 Å². The van der Waals surface area contributed by atoms with Crippen LogP contribution < -0.4 is 16.0 Å². The second kappa shape index (κ2) is 11.6. The summed E-state index contributed by atoms with van der Waals surface area (Å²) >= 11 is 0. The molecule has 2 fully saturated rings. The first-order valence-corrected chi connectivity index (χ1v) is 9.75. The van der Waals surface area contributed by atoms with Crippen LogP contribution in [0, 0.1) is 11.7 Å². The molecule has 0 unspecified atom stereocenters. The van der Waals surface area contributed by atoms with E-state index in [1.54, 1.807) is 17.0 Å². The molecule has 0 saturated carbocycles. The predicted octanol–water partition coefficient (Wildman–Crippen LogP) is 2.34. The number of nitrogens with one attached hydrogen (secondary N) is 1. The summed E-state index contributed by atoms with van der Waals surface area (Å²) < 4.78 is 13.9. The number of anilines is 1. The predicted molar refractivity (Wildman–Crippen MR) is 117 cm³/mol. The molecule has 3 N–H and O–H groups in total. The molecule has 0 aliphatic carbocycles. The smallest absolute Gasteiger partial charge is 0.225 e. The molecule has 2 amide bonds. The van der Waals surface area contributed by atoms with Gasteiger partial charge in [-0.15, -0.1) is 24.8 Å². The maximum Gasteiger partial charge on any atom is 0.225 e. The molecule has 2 aliphatic rings. The summed E-state index contributed by atoms with van der Waals surface area (Å²) in [5, 5.41) is 3.14. The number of nitrogens with zero attached hydrogens (tertiary/aromatic N) is 2. The number of benzene rings is 1. The molecule has 164 valence electrons. The number of carbonyl (C=O) groups is 2. The molecular formula is C20H31Cl2FN4O2. The van der Waals surface area contributed by atoms with Gasteiger partial charge >= 0.3 is 0 Å². The van der Waals surface area contributed by atoms with Gasteiger partial charge in [-0.05, 0) is 37.8 Å². The summed E-state index contributed by atoms with van der Waals surface area (Å²) in [5.41, 5.74) is 6.65. The van der Waals surface area contributed by atoms with E-state index in [4.69, 9.17) is 5.73 Å². The number of rotatable bonds is 3. The molecule has 2 saturated heterocycles. The third kappa shape index (κ3) is 6.73. The van der Waals surface area contributed by atoms with E-state index in [1.165, 1.54) is 13.0 Å². The lowest BCUT2D eigenvalue weighted by Gasteiger charge is -2.34. The Bertz CT molecular complexity index is 686. The zero-order valence-electron chi connectivity index (χ0n) is 16.7. The Kier molecular flexibility index (Phi) is 10.2. The van der Waals surface area contributed by atoms with Crippen LogP contribution in [0.4, 0.5) is 10.1 Å². The van der Waals surface area contributed by atoms with E-state index in [0.717, 1.165) is 19.3 Å². The van der Waals surface area contributed by atoms with Gasteiger partial charge in [0.25, 0.3) is 0 Å². The Morgan fingerprint density at radius 2 is 1.72 bits per heavy atom. The van der Waals surface area contributed by atoms with Crippen LogP contribution in [-0.4, -0.2) is 55.0 Å². The minimum Gasteiger partial charge on any atom is -0.369 e. The molecule has 0 aromatic heterocycles. The summed E-state index contributed by atoms with van der Waals surface area (Å²) in [5.74, 6) is -0.464. The molecule has 9 heteroatoms. The van der Waals surface area contributed by atoms with Crippen LogP contribution in [0.2, 0.25) is 0 Å². The first kappa shape index (κ1) is 25.5. The fourth-order valence-corrected chi connectivity index (χ4v) is 3.98. The van der Waals surface area contributed by atoms with Gasteiger partial charge in [0.2, 0.25) is 11.8 Å². The first-order chi connectivity index (χ1) is 12.9. The molecule has 0 spiro atoms. The molecule has 0 radical (unpaired) electrons. The lowest BCUT2D eigenvalue weighted by atomic mass is 9.98. The molecule has 2 heterocycles. The van der Waals surface area contributed by atoms with Crippen molar-refractivity contribution < 1.29 is 14.0 Å². The summed E-state index contributed by atoms with van der Waals surface area (Å²) in [7, 11) is 0. The number of hydrogen-bond acceptors (Lipinski definition) is 4. The molecule has 1 aromatic carbocycles. The van der Waals surface area contributed by atoms with Gasteiger partial charge in [-0.25, -0.2) is 4.39 Å². The SMILES string of the molecule is CC(=O)N1C[C@@H](N)CC[C@@H](C(=O)NC2CCN(c3ccccc3F)CC2)C1.Cl.Cl. The van der Waals surface area contributed by atoms with Crippen molar-refractivity contribution in [1.82, 2.24) is 10.2 Å². The second-order valence-electron chi connectivity index (χ2n) is 7.68. The average molecular weight is 449 g/mol. The minimum atomic E-state index is -0.216. The van der Waals surface area contributed by atoms with Crippen LogP contribution in [0.3, 0.4) is 0 Å². The lowest BCUT2D eigenvalue weighted by Crippen LogP contribution is -2.48. The molecule has 1 aromatic rings. The fourth-order valence-electron chi connectivity index (χ4n) is 3.98. The molecule has 3 rings (SSSR count). The largest absolute Gasteiger partial charge is 0.369 e. The van der Waals surface area contributed by atoms with Crippen LogP contribution in [0.25, 0.3) is 0 Å². The third-order valence-corrected chi connectivity index (χ3v) is 5.63. The van der Waals surface area contributed by atoms with Gasteiger partial charge in [0, 0.05) is 45.2 Å². The number of halogens is 3. The monoisotopic (exact) mass is 448 g/mol. The molecule has 2 aliphatic heterocycles. The maximum atomic E-state index is 13.9. The van der Waals surface area contributed by atoms with Gasteiger partial charge in [-0.2, -0.15) is 0 Å². The van der Waals surface area contributed by atoms with Crippen LogP contribution >= 0.6 is 24.8 Å². The average Bonchev–Trinajstić information content (AvgIpc) is 2.85. The van der Waals surface area contributed by atoms with Gasteiger partial charge in [0.05, 0.1) is 11.6 Å². The Hall–Kier alpha value is -1.57. The number of hydrogen-bond donors (Lipinski definition) is 2. The third-order valence-electron chi connectivity index (χ3n) is 5.63. The molecule has 0 bridgehead atoms. The number of amides is 2. The highest BCUT2D eigenvalue weighted by molar-refractivity contribution is 5.85. The van der Waals surface area contributed by atoms with Crippen LogP contribution in [0.5, 0.6) is 0 Å². The fraction of sp³-hybridized carbons (Fsp3) is 0.600. The standard InChI is InChI=1S/C20H29FN4O2.2ClH/c1-14(26)25-12-15(6-7-16(22)13-25)20(27)23-17-8-10-24(11-9-17)19-5-3-2-4-18(19)21;;/h2-5,15-17H,6-13,22H2,1H3,(H,23,27);2*1H/t15-,16+;;/m1../s1. The number of likely N-dealkylation sites (tertiary alicyclic amines) is 1. The molecule has 2 atom stereocenters. The van der Waals surface area contributed by atoms with E-state index in [1.807, 2.05) is 11.0 Å². The summed E-state index contributed by atoms with van der Waals surface area (Å²) in [6.45, 7) is 3.89. The second-order valence-corrected chi connectivity index (χ2v) is 7.68. The topological polar surface area (TPSA) is 78.7 Å². The van der Waals surface area contributed by atoms with Crippen molar-refractivity contribution >= 4 is 42.3 Å². The van der Waals surface area contributed by atoms with Crippen molar-refractivity contribution in [3.05, 3.63) is 30.1 Å². The number of para-hydroxylation sites is 1. The van der Waals surface area contributed by atoms with Crippen LogP contribution in [0.1, 0.15) is 32.6 Å². The zero-order chi connectivity index (χ0) is 19.4. The van der Waals surface area contributed by atoms with Gasteiger partial charge in [-0.3, -0.25) is 9.59 Å². The number of carbonyl (C=O) groups excluding carboxylic acids is 2. The first-order valence-electron chi connectivity index (χ1n) is 9.75. The highest BCUT2D eigenvalue weighted by atomic mass is 35.5. The lowest BCUT2D eigenvalue weighted by molar-refractivity contribution is -0.131. The van der Waals surface area contributed by atoms with Crippen molar-refractivity contribution in [2.24, 2.45) is 11.7 Å². The highest BCUT2D eigenvalue weighted by Crippen LogP contribution is 2.23. The van der Waals surface area contributed by atoms with E-state index in [2.05, 4.69) is 5.32 Å². The maximum absolute atomic E-state index is 13.9. The molecule has 29 heavy (non-hydrogen) atoms. The Morgan fingerprint density at radius 1 is 1.07 bits per heavy atom. The van der Waals surface area contributed by atoms with Gasteiger partial charge < -0.3 is 20.9 Å². The molecular weight excluding hydrogens is 418 g/mol. The van der Waals surface area contributed by atoms with Gasteiger partial charge in [-0.1, -0.05) is 12.1 Å². The van der Waals surface area contributed by atoms with E-state index in [0.29, 0.717) is 38.3 Å². The van der Waals surface area contributed by atoms with E-state index >= 15 is 0 Å². The van der Waals surface area contributed by atoms with Gasteiger partial charge in [0.15, 0.2) is 0 Å². The highest BCUT2D eigenvalue weighted by Gasteiger charge is 2.30. The van der Waals surface area contributed by atoms with E-state index < -0.39 is 0 Å². The van der Waals surface area contributed by atoms with Gasteiger partial charge in [0.1, 0.15) is 5.82 Å². The normalized spacial score (nSPS) is 22.7. The quantitative estimate of drug-likeness (QED) is 0.743. The number of piperidine rings is 1. The summed E-state index contributed by atoms with van der Waals surface area (Å²) in [6, 6.07) is 6.80. The zero-order valence-corrected chi connectivity index (χ0v) is 18.3. The Morgan fingerprint density at radius 3 is 2.34 bits per heavy atom. The summed E-state index contributed by atoms with van der Waals surface area (Å²) in [6.07, 6.45) is 3.00. The Balaban J connectivity index is 0.00000210. The van der Waals surface area contributed by atoms with E-state index in [9.17, 15) is 14.0 Å². The molecule has 6 nitrogen and oxygen atoms in total. The minimum absolute atomic E-state index is 0. The van der Waals surface area contributed by atoms with E-state index in [-0.39, 0.29) is 60.4 Å². The van der Waals surface area contributed by atoms with Crippen molar-refractivity contribution in [3.63, 3.8) is 0 Å².